The number of para-hydroxylation sites is 2. The third-order valence-electron chi connectivity index (χ3n) is 3.21. The predicted octanol–water partition coefficient (Wildman–Crippen LogP) is 4.81. The van der Waals surface area contributed by atoms with E-state index >= 15 is 0 Å². The molecule has 0 heterocycles. The van der Waals surface area contributed by atoms with Crippen LogP contribution in [0, 0.1) is 0 Å². The van der Waals surface area contributed by atoms with Crippen LogP contribution < -0.4 is 15.4 Å². The second-order valence-electron chi connectivity index (χ2n) is 5.67. The van der Waals surface area contributed by atoms with Gasteiger partial charge >= 0.3 is 12.2 Å². The quantitative estimate of drug-likeness (QED) is 0.811. The number of anilines is 1. The normalized spacial score (nSPS) is 11.3. The molecule has 0 spiro atoms. The zero-order valence-corrected chi connectivity index (χ0v) is 13.9. The molecule has 0 atom stereocenters. The standard InChI is InChI=1S/C18H19F3N2O2/c1-12(2)25-16-9-4-3-8-15(16)23-17(24)22-11-13-6-5-7-14(10-13)18(19,20)21/h3-10,12H,11H2,1-2H3,(H2,22,23,24). The lowest BCUT2D eigenvalue weighted by molar-refractivity contribution is -0.137. The van der Waals surface area contributed by atoms with Gasteiger partial charge in [-0.05, 0) is 43.7 Å². The van der Waals surface area contributed by atoms with Crippen molar-refractivity contribution in [3.8, 4) is 5.75 Å². The topological polar surface area (TPSA) is 50.4 Å². The summed E-state index contributed by atoms with van der Waals surface area (Å²) in [7, 11) is 0. The van der Waals surface area contributed by atoms with Gasteiger partial charge in [0.1, 0.15) is 5.75 Å². The second-order valence-corrected chi connectivity index (χ2v) is 5.67. The number of benzene rings is 2. The summed E-state index contributed by atoms with van der Waals surface area (Å²) in [6.45, 7) is 3.71. The molecule has 2 N–H and O–H groups in total. The average molecular weight is 352 g/mol. The van der Waals surface area contributed by atoms with Gasteiger partial charge in [0.25, 0.3) is 0 Å². The molecule has 0 radical (unpaired) electrons. The highest BCUT2D eigenvalue weighted by molar-refractivity contribution is 5.90. The lowest BCUT2D eigenvalue weighted by Crippen LogP contribution is -2.28. The third kappa shape index (κ3) is 5.70. The van der Waals surface area contributed by atoms with Gasteiger partial charge in [0.2, 0.25) is 0 Å². The van der Waals surface area contributed by atoms with Crippen molar-refractivity contribution in [3.05, 3.63) is 59.7 Å². The largest absolute Gasteiger partial charge is 0.489 e. The van der Waals surface area contributed by atoms with Crippen LogP contribution in [-0.2, 0) is 12.7 Å². The van der Waals surface area contributed by atoms with Crippen molar-refractivity contribution >= 4 is 11.7 Å². The number of rotatable bonds is 5. The summed E-state index contributed by atoms with van der Waals surface area (Å²) in [6, 6.07) is 11.2. The van der Waals surface area contributed by atoms with Crippen LogP contribution in [0.2, 0.25) is 0 Å². The fourth-order valence-corrected chi connectivity index (χ4v) is 2.13. The molecule has 25 heavy (non-hydrogen) atoms. The fourth-order valence-electron chi connectivity index (χ4n) is 2.13. The zero-order valence-electron chi connectivity index (χ0n) is 13.9. The van der Waals surface area contributed by atoms with Crippen molar-refractivity contribution in [1.29, 1.82) is 0 Å². The van der Waals surface area contributed by atoms with Crippen LogP contribution in [-0.4, -0.2) is 12.1 Å². The molecule has 0 aliphatic rings. The maximum atomic E-state index is 12.7. The minimum atomic E-state index is -4.41. The van der Waals surface area contributed by atoms with Crippen LogP contribution >= 0.6 is 0 Å². The van der Waals surface area contributed by atoms with Crippen molar-refractivity contribution in [2.24, 2.45) is 0 Å². The Morgan fingerprint density at radius 3 is 2.52 bits per heavy atom. The zero-order chi connectivity index (χ0) is 18.4. The lowest BCUT2D eigenvalue weighted by Gasteiger charge is -2.15. The molecule has 0 saturated heterocycles. The summed E-state index contributed by atoms with van der Waals surface area (Å²) in [6.07, 6.45) is -4.47. The molecule has 0 unspecified atom stereocenters. The number of halogens is 3. The molecule has 2 amide bonds. The van der Waals surface area contributed by atoms with E-state index < -0.39 is 17.8 Å². The number of hydrogen-bond donors (Lipinski definition) is 2. The first-order valence-corrected chi connectivity index (χ1v) is 7.72. The maximum Gasteiger partial charge on any atom is 0.416 e. The number of carbonyl (C=O) groups excluding carboxylic acids is 1. The summed E-state index contributed by atoms with van der Waals surface area (Å²) < 4.78 is 43.7. The Labute approximate surface area is 144 Å². The first-order chi connectivity index (χ1) is 11.8. The Balaban J connectivity index is 1.98. The molecule has 0 aliphatic carbocycles. The highest BCUT2D eigenvalue weighted by Crippen LogP contribution is 2.29. The Bertz CT molecular complexity index is 730. The van der Waals surface area contributed by atoms with Crippen LogP contribution in [0.15, 0.2) is 48.5 Å². The molecule has 0 aliphatic heterocycles. The summed E-state index contributed by atoms with van der Waals surface area (Å²) in [4.78, 5) is 12.0. The molecule has 0 fully saturated rings. The minimum Gasteiger partial charge on any atom is -0.489 e. The Morgan fingerprint density at radius 2 is 1.84 bits per heavy atom. The molecular formula is C18H19F3N2O2. The molecule has 2 aromatic rings. The van der Waals surface area contributed by atoms with Crippen molar-refractivity contribution in [2.75, 3.05) is 5.32 Å². The van der Waals surface area contributed by atoms with Crippen molar-refractivity contribution < 1.29 is 22.7 Å². The second kappa shape index (κ2) is 7.92. The predicted molar refractivity (Wildman–Crippen MR) is 89.5 cm³/mol. The Kier molecular flexibility index (Phi) is 5.90. The van der Waals surface area contributed by atoms with Gasteiger partial charge in [-0.15, -0.1) is 0 Å². The molecule has 2 rings (SSSR count). The summed E-state index contributed by atoms with van der Waals surface area (Å²) in [5.74, 6) is 0.520. The molecule has 0 saturated carbocycles. The number of alkyl halides is 3. The summed E-state index contributed by atoms with van der Waals surface area (Å²) in [5, 5.41) is 5.17. The monoisotopic (exact) mass is 352 g/mol. The van der Waals surface area contributed by atoms with Crippen molar-refractivity contribution in [3.63, 3.8) is 0 Å². The first kappa shape index (κ1) is 18.6. The fraction of sp³-hybridized carbons (Fsp3) is 0.278. The Hall–Kier alpha value is -2.70. The van der Waals surface area contributed by atoms with Crippen LogP contribution in [0.25, 0.3) is 0 Å². The van der Waals surface area contributed by atoms with Gasteiger partial charge in [-0.2, -0.15) is 13.2 Å². The van der Waals surface area contributed by atoms with Gasteiger partial charge in [0.15, 0.2) is 0 Å². The van der Waals surface area contributed by atoms with Crippen molar-refractivity contribution in [2.45, 2.75) is 32.7 Å². The maximum absolute atomic E-state index is 12.7. The van der Waals surface area contributed by atoms with Crippen LogP contribution in [0.3, 0.4) is 0 Å². The molecule has 4 nitrogen and oxygen atoms in total. The molecule has 0 bridgehead atoms. The molecule has 134 valence electrons. The van der Waals surface area contributed by atoms with E-state index in [0.717, 1.165) is 12.1 Å². The van der Waals surface area contributed by atoms with E-state index in [2.05, 4.69) is 10.6 Å². The molecular weight excluding hydrogens is 333 g/mol. The summed E-state index contributed by atoms with van der Waals surface area (Å²) >= 11 is 0. The highest BCUT2D eigenvalue weighted by atomic mass is 19.4. The van der Waals surface area contributed by atoms with Gasteiger partial charge in [-0.3, -0.25) is 0 Å². The van der Waals surface area contributed by atoms with Crippen LogP contribution in [0.5, 0.6) is 5.75 Å². The van der Waals surface area contributed by atoms with E-state index in [1.54, 1.807) is 24.3 Å². The smallest absolute Gasteiger partial charge is 0.416 e. The Morgan fingerprint density at radius 1 is 1.12 bits per heavy atom. The van der Waals surface area contributed by atoms with Gasteiger partial charge in [-0.25, -0.2) is 4.79 Å². The number of carbonyl (C=O) groups is 1. The number of hydrogen-bond acceptors (Lipinski definition) is 2. The van der Waals surface area contributed by atoms with Gasteiger partial charge in [0.05, 0.1) is 17.4 Å². The lowest BCUT2D eigenvalue weighted by atomic mass is 10.1. The van der Waals surface area contributed by atoms with E-state index in [4.69, 9.17) is 4.74 Å². The van der Waals surface area contributed by atoms with Crippen molar-refractivity contribution in [1.82, 2.24) is 5.32 Å². The van der Waals surface area contributed by atoms with Crippen LogP contribution in [0.1, 0.15) is 25.0 Å². The third-order valence-corrected chi connectivity index (χ3v) is 3.21. The van der Waals surface area contributed by atoms with Gasteiger partial charge in [0, 0.05) is 6.54 Å². The van der Waals surface area contributed by atoms with E-state index in [1.165, 1.54) is 12.1 Å². The van der Waals surface area contributed by atoms with Gasteiger partial charge < -0.3 is 15.4 Å². The highest BCUT2D eigenvalue weighted by Gasteiger charge is 2.30. The van der Waals surface area contributed by atoms with E-state index in [-0.39, 0.29) is 12.6 Å². The molecule has 0 aromatic heterocycles. The van der Waals surface area contributed by atoms with E-state index in [0.29, 0.717) is 17.0 Å². The summed E-state index contributed by atoms with van der Waals surface area (Å²) in [5.41, 5.74) is 0.0947. The SMILES string of the molecule is CC(C)Oc1ccccc1NC(=O)NCc1cccc(C(F)(F)F)c1. The number of amides is 2. The molecule has 7 heteroatoms. The number of nitrogens with one attached hydrogen (secondary N) is 2. The molecule has 2 aromatic carbocycles. The number of urea groups is 1. The number of ether oxygens (including phenoxy) is 1. The average Bonchev–Trinajstić information content (AvgIpc) is 2.54. The first-order valence-electron chi connectivity index (χ1n) is 7.72. The van der Waals surface area contributed by atoms with E-state index in [1.807, 2.05) is 13.8 Å². The van der Waals surface area contributed by atoms with Gasteiger partial charge in [-0.1, -0.05) is 24.3 Å². The van der Waals surface area contributed by atoms with E-state index in [9.17, 15) is 18.0 Å². The minimum absolute atomic E-state index is 0.0248. The van der Waals surface area contributed by atoms with Crippen LogP contribution in [0.4, 0.5) is 23.7 Å².